The highest BCUT2D eigenvalue weighted by Crippen LogP contribution is 2.11. The first-order valence-electron chi connectivity index (χ1n) is 5.16. The number of hydrogen-bond donors (Lipinski definition) is 3. The van der Waals surface area contributed by atoms with Gasteiger partial charge in [-0.25, -0.2) is 4.79 Å². The van der Waals surface area contributed by atoms with Gasteiger partial charge in [-0.2, -0.15) is 0 Å². The van der Waals surface area contributed by atoms with Crippen LogP contribution in [0.25, 0.3) is 0 Å². The first-order chi connectivity index (χ1) is 9.40. The summed E-state index contributed by atoms with van der Waals surface area (Å²) in [5.41, 5.74) is 3.89. The summed E-state index contributed by atoms with van der Waals surface area (Å²) in [5.74, 6) is -2.83. The number of rotatable bonds is 4. The van der Waals surface area contributed by atoms with E-state index in [2.05, 4.69) is 0 Å². The summed E-state index contributed by atoms with van der Waals surface area (Å²) < 4.78 is 0. The lowest BCUT2D eigenvalue weighted by molar-refractivity contribution is -0.384. The number of carbonyl (C=O) groups excluding carboxylic acids is 2. The zero-order chi connectivity index (χ0) is 15.1. The fourth-order valence-electron chi connectivity index (χ4n) is 1.11. The van der Waals surface area contributed by atoms with E-state index in [-0.39, 0.29) is 11.3 Å². The molecule has 0 spiro atoms. The van der Waals surface area contributed by atoms with Gasteiger partial charge in [0.25, 0.3) is 17.5 Å². The molecule has 0 aliphatic carbocycles. The van der Waals surface area contributed by atoms with Crippen molar-refractivity contribution in [1.29, 1.82) is 0 Å². The van der Waals surface area contributed by atoms with Crippen LogP contribution >= 0.6 is 0 Å². The van der Waals surface area contributed by atoms with Gasteiger partial charge in [-0.3, -0.25) is 30.6 Å². The van der Waals surface area contributed by atoms with Crippen LogP contribution in [-0.4, -0.2) is 27.8 Å². The number of nitrogens with one attached hydrogen (secondary N) is 2. The lowest BCUT2D eigenvalue weighted by Gasteiger charge is -2.04. The Morgan fingerprint density at radius 2 is 1.70 bits per heavy atom. The lowest BCUT2D eigenvalue weighted by atomic mass is 10.2. The fourth-order valence-corrected chi connectivity index (χ4v) is 1.11. The monoisotopic (exact) mass is 279 g/mol. The van der Waals surface area contributed by atoms with Crippen molar-refractivity contribution >= 4 is 23.5 Å². The van der Waals surface area contributed by atoms with Gasteiger partial charge >= 0.3 is 5.97 Å². The number of hydrogen-bond acceptors (Lipinski definition) is 5. The molecule has 9 heteroatoms. The molecular formula is C11H9N3O6. The van der Waals surface area contributed by atoms with Crippen LogP contribution in [0.2, 0.25) is 0 Å². The van der Waals surface area contributed by atoms with Gasteiger partial charge in [-0.15, -0.1) is 0 Å². The van der Waals surface area contributed by atoms with Crippen molar-refractivity contribution in [2.45, 2.75) is 0 Å². The Balaban J connectivity index is 2.57. The van der Waals surface area contributed by atoms with E-state index in [1.54, 1.807) is 0 Å². The normalized spacial score (nSPS) is 10.0. The second-order valence-electron chi connectivity index (χ2n) is 3.42. The van der Waals surface area contributed by atoms with E-state index in [1.165, 1.54) is 12.1 Å². The van der Waals surface area contributed by atoms with Gasteiger partial charge in [-0.1, -0.05) is 0 Å². The van der Waals surface area contributed by atoms with E-state index >= 15 is 0 Å². The average Bonchev–Trinajstić information content (AvgIpc) is 2.42. The molecule has 0 saturated carbocycles. The van der Waals surface area contributed by atoms with Crippen LogP contribution in [0.1, 0.15) is 10.4 Å². The summed E-state index contributed by atoms with van der Waals surface area (Å²) in [4.78, 5) is 42.5. The average molecular weight is 279 g/mol. The molecule has 0 radical (unpaired) electrons. The molecule has 104 valence electrons. The van der Waals surface area contributed by atoms with Crippen molar-refractivity contribution in [3.05, 3.63) is 52.1 Å². The summed E-state index contributed by atoms with van der Waals surface area (Å²) in [6.07, 6.45) is 1.33. The highest BCUT2D eigenvalue weighted by atomic mass is 16.6. The van der Waals surface area contributed by atoms with E-state index in [0.717, 1.165) is 18.2 Å². The van der Waals surface area contributed by atoms with Gasteiger partial charge in [0.2, 0.25) is 0 Å². The van der Waals surface area contributed by atoms with Gasteiger partial charge in [0.05, 0.1) is 4.92 Å². The number of carboxylic acids is 1. The number of non-ortho nitro benzene ring substituents is 1. The SMILES string of the molecule is O=C(O)C=CC(=O)NNC(=O)c1ccc([N+](=O)[O-])cc1. The highest BCUT2D eigenvalue weighted by Gasteiger charge is 2.09. The third-order valence-electron chi connectivity index (χ3n) is 2.02. The van der Waals surface area contributed by atoms with Crippen LogP contribution in [0, 0.1) is 10.1 Å². The summed E-state index contributed by atoms with van der Waals surface area (Å²) in [6, 6.07) is 4.71. The predicted molar refractivity (Wildman–Crippen MR) is 65.5 cm³/mol. The third kappa shape index (κ3) is 4.56. The lowest BCUT2D eigenvalue weighted by Crippen LogP contribution is -2.40. The molecule has 1 aromatic carbocycles. The molecule has 1 aromatic rings. The maximum Gasteiger partial charge on any atom is 0.328 e. The first kappa shape index (κ1) is 14.8. The minimum absolute atomic E-state index is 0.0955. The van der Waals surface area contributed by atoms with Crippen molar-refractivity contribution in [3.63, 3.8) is 0 Å². The van der Waals surface area contributed by atoms with E-state index in [1.807, 2.05) is 10.9 Å². The number of carbonyl (C=O) groups is 3. The number of amides is 2. The molecule has 3 N–H and O–H groups in total. The number of hydrazine groups is 1. The van der Waals surface area contributed by atoms with E-state index in [4.69, 9.17) is 5.11 Å². The maximum atomic E-state index is 11.5. The van der Waals surface area contributed by atoms with Crippen molar-refractivity contribution in [1.82, 2.24) is 10.9 Å². The quantitative estimate of drug-likeness (QED) is 0.402. The number of carboxylic acid groups (broad SMARTS) is 1. The van der Waals surface area contributed by atoms with E-state index < -0.39 is 22.7 Å². The van der Waals surface area contributed by atoms with Gasteiger partial charge < -0.3 is 5.11 Å². The Morgan fingerprint density at radius 3 is 2.20 bits per heavy atom. The van der Waals surface area contributed by atoms with Crippen LogP contribution in [-0.2, 0) is 9.59 Å². The molecular weight excluding hydrogens is 270 g/mol. The molecule has 0 unspecified atom stereocenters. The summed E-state index contributed by atoms with van der Waals surface area (Å²) >= 11 is 0. The Morgan fingerprint density at radius 1 is 1.10 bits per heavy atom. The summed E-state index contributed by atoms with van der Waals surface area (Å²) in [5, 5.41) is 18.7. The van der Waals surface area contributed by atoms with E-state index in [9.17, 15) is 24.5 Å². The van der Waals surface area contributed by atoms with Crippen molar-refractivity contribution in [2.24, 2.45) is 0 Å². The molecule has 0 aliphatic rings. The molecule has 0 saturated heterocycles. The molecule has 9 nitrogen and oxygen atoms in total. The molecule has 2 amide bonds. The Kier molecular flexibility index (Phi) is 4.92. The van der Waals surface area contributed by atoms with Gasteiger partial charge in [0.15, 0.2) is 0 Å². The second kappa shape index (κ2) is 6.64. The van der Waals surface area contributed by atoms with Crippen molar-refractivity contribution < 1.29 is 24.4 Å². The number of nitrogens with zero attached hydrogens (tertiary/aromatic N) is 1. The summed E-state index contributed by atoms with van der Waals surface area (Å²) in [6.45, 7) is 0. The predicted octanol–water partition coefficient (Wildman–Crippen LogP) is -0.00340. The third-order valence-corrected chi connectivity index (χ3v) is 2.02. The van der Waals surface area contributed by atoms with Gasteiger partial charge in [0.1, 0.15) is 0 Å². The first-order valence-corrected chi connectivity index (χ1v) is 5.16. The number of benzene rings is 1. The largest absolute Gasteiger partial charge is 0.478 e. The molecule has 0 fully saturated rings. The second-order valence-corrected chi connectivity index (χ2v) is 3.42. The van der Waals surface area contributed by atoms with Crippen molar-refractivity contribution in [2.75, 3.05) is 0 Å². The zero-order valence-corrected chi connectivity index (χ0v) is 9.90. The maximum absolute atomic E-state index is 11.5. The van der Waals surface area contributed by atoms with Crippen LogP contribution in [0.5, 0.6) is 0 Å². The Bertz CT molecular complexity index is 578. The zero-order valence-electron chi connectivity index (χ0n) is 9.90. The molecule has 20 heavy (non-hydrogen) atoms. The fraction of sp³-hybridized carbons (Fsp3) is 0. The Hall–Kier alpha value is -3.23. The smallest absolute Gasteiger partial charge is 0.328 e. The minimum Gasteiger partial charge on any atom is -0.478 e. The van der Waals surface area contributed by atoms with Crippen LogP contribution in [0.4, 0.5) is 5.69 Å². The molecule has 0 heterocycles. The van der Waals surface area contributed by atoms with E-state index in [0.29, 0.717) is 6.08 Å². The number of nitro benzene ring substituents is 1. The molecule has 0 aromatic heterocycles. The minimum atomic E-state index is -1.30. The van der Waals surface area contributed by atoms with Crippen LogP contribution < -0.4 is 10.9 Å². The van der Waals surface area contributed by atoms with Gasteiger partial charge in [-0.05, 0) is 12.1 Å². The highest BCUT2D eigenvalue weighted by molar-refractivity contribution is 5.98. The Labute approximate surface area is 112 Å². The topological polar surface area (TPSA) is 139 Å². The molecule has 0 aliphatic heterocycles. The number of aliphatic carboxylic acids is 1. The molecule has 1 rings (SSSR count). The van der Waals surface area contributed by atoms with Crippen LogP contribution in [0.3, 0.4) is 0 Å². The number of nitro groups is 1. The standard InChI is InChI=1S/C11H9N3O6/c15-9(5-6-10(16)17)12-13-11(18)7-1-3-8(4-2-7)14(19)20/h1-6H,(H,12,15)(H,13,18)(H,16,17). The van der Waals surface area contributed by atoms with Crippen molar-refractivity contribution in [3.8, 4) is 0 Å². The van der Waals surface area contributed by atoms with Crippen LogP contribution in [0.15, 0.2) is 36.4 Å². The van der Waals surface area contributed by atoms with Gasteiger partial charge in [0, 0.05) is 29.8 Å². The summed E-state index contributed by atoms with van der Waals surface area (Å²) in [7, 11) is 0. The molecule has 0 bridgehead atoms. The molecule has 0 atom stereocenters.